The van der Waals surface area contributed by atoms with Gasteiger partial charge in [-0.2, -0.15) is 18.3 Å². The molecule has 6 heteroatoms. The Hall–Kier alpha value is -1.82. The summed E-state index contributed by atoms with van der Waals surface area (Å²) in [5, 5.41) is 3.87. The first kappa shape index (κ1) is 15.6. The molecule has 3 nitrogen and oxygen atoms in total. The maximum atomic E-state index is 13.3. The van der Waals surface area contributed by atoms with Crippen LogP contribution in [0.4, 0.5) is 13.2 Å². The van der Waals surface area contributed by atoms with Crippen LogP contribution in [0.2, 0.25) is 0 Å². The van der Waals surface area contributed by atoms with Crippen molar-refractivity contribution in [3.8, 4) is 5.69 Å². The normalized spacial score (nSPS) is 13.7. The van der Waals surface area contributed by atoms with Gasteiger partial charge in [0.05, 0.1) is 11.9 Å². The molecule has 2 rings (SSSR count). The first-order chi connectivity index (χ1) is 9.71. The van der Waals surface area contributed by atoms with Crippen LogP contribution in [0.25, 0.3) is 5.69 Å². The highest BCUT2D eigenvalue weighted by atomic mass is 19.4. The lowest BCUT2D eigenvalue weighted by atomic mass is 10.0. The van der Waals surface area contributed by atoms with Crippen LogP contribution in [0.3, 0.4) is 0 Å². The van der Waals surface area contributed by atoms with Gasteiger partial charge < -0.3 is 5.73 Å². The third-order valence-corrected chi connectivity index (χ3v) is 3.36. The molecule has 0 bridgehead atoms. The molecule has 1 unspecified atom stereocenters. The molecule has 1 atom stereocenters. The second-order valence-corrected chi connectivity index (χ2v) is 5.39. The summed E-state index contributed by atoms with van der Waals surface area (Å²) in [7, 11) is 0. The summed E-state index contributed by atoms with van der Waals surface area (Å²) >= 11 is 0. The van der Waals surface area contributed by atoms with E-state index in [2.05, 4.69) is 5.10 Å². The third kappa shape index (κ3) is 3.10. The van der Waals surface area contributed by atoms with Gasteiger partial charge >= 0.3 is 6.18 Å². The largest absolute Gasteiger partial charge is 0.433 e. The molecule has 1 aromatic heterocycles. The van der Waals surface area contributed by atoms with Gasteiger partial charge in [0, 0.05) is 11.6 Å². The van der Waals surface area contributed by atoms with E-state index in [-0.39, 0.29) is 5.56 Å². The second kappa shape index (κ2) is 5.52. The molecule has 2 aromatic rings. The zero-order valence-corrected chi connectivity index (χ0v) is 12.1. The molecule has 0 saturated carbocycles. The van der Waals surface area contributed by atoms with Gasteiger partial charge in [-0.25, -0.2) is 4.68 Å². The zero-order chi connectivity index (χ0) is 15.8. The molecular formula is C15H18F3N3. The average molecular weight is 297 g/mol. The van der Waals surface area contributed by atoms with Gasteiger partial charge in [-0.05, 0) is 30.5 Å². The van der Waals surface area contributed by atoms with Crippen LogP contribution in [0.15, 0.2) is 30.5 Å². The van der Waals surface area contributed by atoms with Gasteiger partial charge in [0.15, 0.2) is 5.69 Å². The number of aromatic nitrogens is 2. The summed E-state index contributed by atoms with van der Waals surface area (Å²) < 4.78 is 40.7. The van der Waals surface area contributed by atoms with E-state index in [1.807, 2.05) is 26.0 Å². The van der Waals surface area contributed by atoms with Crippen LogP contribution in [0.1, 0.15) is 49.6 Å². The molecule has 0 fully saturated rings. The van der Waals surface area contributed by atoms with Crippen molar-refractivity contribution < 1.29 is 13.2 Å². The SMILES string of the molecule is CC(C)c1ccc(-n2ncc(C(C)N)c2C(F)(F)F)cc1. The summed E-state index contributed by atoms with van der Waals surface area (Å²) in [6.45, 7) is 5.56. The maximum absolute atomic E-state index is 13.3. The number of alkyl halides is 3. The summed E-state index contributed by atoms with van der Waals surface area (Å²) in [4.78, 5) is 0. The van der Waals surface area contributed by atoms with Crippen LogP contribution < -0.4 is 5.73 Å². The molecule has 0 spiro atoms. The number of hydrogen-bond acceptors (Lipinski definition) is 2. The quantitative estimate of drug-likeness (QED) is 0.929. The Morgan fingerprint density at radius 3 is 2.10 bits per heavy atom. The molecule has 0 aliphatic heterocycles. The lowest BCUT2D eigenvalue weighted by molar-refractivity contribution is -0.143. The Balaban J connectivity index is 2.54. The van der Waals surface area contributed by atoms with Gasteiger partial charge in [0.1, 0.15) is 0 Å². The molecule has 1 heterocycles. The summed E-state index contributed by atoms with van der Waals surface area (Å²) in [6, 6.07) is 6.18. The lowest BCUT2D eigenvalue weighted by Gasteiger charge is -2.15. The number of rotatable bonds is 3. The molecule has 0 aliphatic rings. The van der Waals surface area contributed by atoms with Crippen molar-refractivity contribution in [3.63, 3.8) is 0 Å². The highest BCUT2D eigenvalue weighted by Gasteiger charge is 2.39. The Labute approximate surface area is 121 Å². The van der Waals surface area contributed by atoms with Gasteiger partial charge in [0.2, 0.25) is 0 Å². The molecule has 0 radical (unpaired) electrons. The topological polar surface area (TPSA) is 43.8 Å². The molecular weight excluding hydrogens is 279 g/mol. The Bertz CT molecular complexity index is 610. The van der Waals surface area contributed by atoms with E-state index in [1.54, 1.807) is 12.1 Å². The Kier molecular flexibility index (Phi) is 4.09. The molecule has 21 heavy (non-hydrogen) atoms. The van der Waals surface area contributed by atoms with Gasteiger partial charge in [-0.3, -0.25) is 0 Å². The van der Waals surface area contributed by atoms with Crippen molar-refractivity contribution in [2.75, 3.05) is 0 Å². The van der Waals surface area contributed by atoms with Crippen molar-refractivity contribution in [1.29, 1.82) is 0 Å². The van der Waals surface area contributed by atoms with Crippen LogP contribution in [0.5, 0.6) is 0 Å². The fourth-order valence-electron chi connectivity index (χ4n) is 2.17. The number of nitrogens with zero attached hydrogens (tertiary/aromatic N) is 2. The zero-order valence-electron chi connectivity index (χ0n) is 12.1. The molecule has 0 amide bonds. The van der Waals surface area contributed by atoms with Crippen LogP contribution >= 0.6 is 0 Å². The minimum Gasteiger partial charge on any atom is -0.324 e. The van der Waals surface area contributed by atoms with Gasteiger partial charge in [0.25, 0.3) is 0 Å². The number of benzene rings is 1. The Morgan fingerprint density at radius 1 is 1.10 bits per heavy atom. The molecule has 114 valence electrons. The Morgan fingerprint density at radius 2 is 1.67 bits per heavy atom. The first-order valence-corrected chi connectivity index (χ1v) is 6.73. The standard InChI is InChI=1S/C15H18F3N3/c1-9(2)11-4-6-12(7-5-11)21-14(15(16,17)18)13(8-20-21)10(3)19/h4-10H,19H2,1-3H3. The fourth-order valence-corrected chi connectivity index (χ4v) is 2.17. The molecule has 1 aromatic carbocycles. The van der Waals surface area contributed by atoms with Crippen molar-refractivity contribution in [3.05, 3.63) is 47.3 Å². The van der Waals surface area contributed by atoms with Crippen molar-refractivity contribution >= 4 is 0 Å². The molecule has 0 saturated heterocycles. The smallest absolute Gasteiger partial charge is 0.324 e. The van der Waals surface area contributed by atoms with Crippen LogP contribution in [0, 0.1) is 0 Å². The van der Waals surface area contributed by atoms with Gasteiger partial charge in [-0.1, -0.05) is 26.0 Å². The predicted octanol–water partition coefficient (Wildman–Crippen LogP) is 4.03. The summed E-state index contributed by atoms with van der Waals surface area (Å²) in [6.07, 6.45) is -3.32. The monoisotopic (exact) mass is 297 g/mol. The van der Waals surface area contributed by atoms with Gasteiger partial charge in [-0.15, -0.1) is 0 Å². The maximum Gasteiger partial charge on any atom is 0.433 e. The van der Waals surface area contributed by atoms with E-state index < -0.39 is 17.9 Å². The fraction of sp³-hybridized carbons (Fsp3) is 0.400. The van der Waals surface area contributed by atoms with E-state index in [0.717, 1.165) is 10.2 Å². The molecule has 0 aliphatic carbocycles. The van der Waals surface area contributed by atoms with E-state index in [1.165, 1.54) is 13.1 Å². The van der Waals surface area contributed by atoms with Crippen LogP contribution in [-0.2, 0) is 6.18 Å². The van der Waals surface area contributed by atoms with Crippen LogP contribution in [-0.4, -0.2) is 9.78 Å². The minimum absolute atomic E-state index is 0.00423. The van der Waals surface area contributed by atoms with E-state index in [9.17, 15) is 13.2 Å². The highest BCUT2D eigenvalue weighted by Crippen LogP contribution is 2.35. The number of nitrogens with two attached hydrogens (primary N) is 1. The number of hydrogen-bond donors (Lipinski definition) is 1. The van der Waals surface area contributed by atoms with E-state index in [4.69, 9.17) is 5.73 Å². The summed E-state index contributed by atoms with van der Waals surface area (Å²) in [5.41, 5.74) is 6.23. The van der Waals surface area contributed by atoms with E-state index in [0.29, 0.717) is 11.6 Å². The second-order valence-electron chi connectivity index (χ2n) is 5.39. The van der Waals surface area contributed by atoms with Crippen molar-refractivity contribution in [2.45, 2.75) is 38.9 Å². The molecule has 2 N–H and O–H groups in total. The van der Waals surface area contributed by atoms with Crippen molar-refractivity contribution in [1.82, 2.24) is 9.78 Å². The average Bonchev–Trinajstić information content (AvgIpc) is 2.83. The lowest BCUT2D eigenvalue weighted by Crippen LogP contribution is -2.18. The predicted molar refractivity (Wildman–Crippen MR) is 75.3 cm³/mol. The number of halogens is 3. The highest BCUT2D eigenvalue weighted by molar-refractivity contribution is 5.39. The van der Waals surface area contributed by atoms with E-state index >= 15 is 0 Å². The van der Waals surface area contributed by atoms with Crippen molar-refractivity contribution in [2.24, 2.45) is 5.73 Å². The summed E-state index contributed by atoms with van der Waals surface area (Å²) in [5.74, 6) is 0.318. The first-order valence-electron chi connectivity index (χ1n) is 6.73. The third-order valence-electron chi connectivity index (χ3n) is 3.36. The minimum atomic E-state index is -4.50.